The van der Waals surface area contributed by atoms with Gasteiger partial charge in [-0.2, -0.15) is 0 Å². The van der Waals surface area contributed by atoms with Gasteiger partial charge in [-0.1, -0.05) is 60.0 Å². The summed E-state index contributed by atoms with van der Waals surface area (Å²) in [6, 6.07) is 0.732. The minimum Gasteiger partial charge on any atom is -0.496 e. The number of nitrogens with one attached hydrogen (secondary N) is 3. The van der Waals surface area contributed by atoms with E-state index in [1.54, 1.807) is 7.11 Å². The highest BCUT2D eigenvalue weighted by atomic mass is 16.5. The van der Waals surface area contributed by atoms with Crippen LogP contribution in [0.1, 0.15) is 97.3 Å². The molecular weight excluding hydrogens is 602 g/mol. The molecule has 1 aliphatic heterocycles. The van der Waals surface area contributed by atoms with Crippen molar-refractivity contribution in [1.82, 2.24) is 20.9 Å². The first-order valence-corrected chi connectivity index (χ1v) is 16.3. The highest BCUT2D eigenvalue weighted by Gasteiger charge is 2.46. The summed E-state index contributed by atoms with van der Waals surface area (Å²) in [6.45, 7) is 17.1. The maximum atomic E-state index is 14.3. The van der Waals surface area contributed by atoms with Gasteiger partial charge in [0.25, 0.3) is 5.91 Å². The number of hydrogen-bond acceptors (Lipinski definition) is 8. The maximum Gasteiger partial charge on any atom is 0.289 e. The standard InChI is InChI=1S/C35H55N5O7/c1-12-13-24(28(42)32(44)36-10)37-31(43)26-17-22(16-25(39-46)23-14-20(2)29(47-11)21(3)15-23)19-40(26)33(45)30(35(7,8)9)38-27(41)18-34(4,5)6/h14-15,22,24,26,30,46H,12-13,16-19H2,1-11H3,(H,36,44)(H,37,43)(H,38,41)/b39-25+/t22-,24-,26-,30+/m0/s1. The van der Waals surface area contributed by atoms with Crippen LogP contribution in [0.4, 0.5) is 0 Å². The number of aryl methyl sites for hydroxylation is 2. The van der Waals surface area contributed by atoms with E-state index in [4.69, 9.17) is 4.74 Å². The van der Waals surface area contributed by atoms with Gasteiger partial charge in [-0.25, -0.2) is 0 Å². The third kappa shape index (κ3) is 10.5. The number of rotatable bonds is 13. The average molecular weight is 658 g/mol. The summed E-state index contributed by atoms with van der Waals surface area (Å²) < 4.78 is 5.48. The van der Waals surface area contributed by atoms with Crippen molar-refractivity contribution in [2.75, 3.05) is 20.7 Å². The van der Waals surface area contributed by atoms with Crippen molar-refractivity contribution in [2.45, 2.75) is 113 Å². The Morgan fingerprint density at radius 3 is 2.11 bits per heavy atom. The molecule has 4 atom stereocenters. The summed E-state index contributed by atoms with van der Waals surface area (Å²) in [4.78, 5) is 67.7. The van der Waals surface area contributed by atoms with Gasteiger partial charge in [0.05, 0.1) is 18.9 Å². The molecule has 1 heterocycles. The van der Waals surface area contributed by atoms with Gasteiger partial charge in [-0.05, 0) is 73.1 Å². The lowest BCUT2D eigenvalue weighted by Gasteiger charge is -2.36. The predicted molar refractivity (Wildman–Crippen MR) is 180 cm³/mol. The van der Waals surface area contributed by atoms with E-state index in [0.29, 0.717) is 17.7 Å². The number of ether oxygens (including phenoxy) is 1. The summed E-state index contributed by atoms with van der Waals surface area (Å²) in [5.41, 5.74) is 1.81. The molecule has 1 aromatic carbocycles. The van der Waals surface area contributed by atoms with Gasteiger partial charge >= 0.3 is 0 Å². The molecule has 12 nitrogen and oxygen atoms in total. The van der Waals surface area contributed by atoms with E-state index in [1.807, 2.05) is 74.4 Å². The molecule has 4 N–H and O–H groups in total. The van der Waals surface area contributed by atoms with Crippen LogP contribution in [0, 0.1) is 30.6 Å². The van der Waals surface area contributed by atoms with Crippen molar-refractivity contribution in [1.29, 1.82) is 0 Å². The molecule has 0 radical (unpaired) electrons. The Kier molecular flexibility index (Phi) is 13.5. The van der Waals surface area contributed by atoms with Gasteiger partial charge in [-0.3, -0.25) is 24.0 Å². The molecule has 47 heavy (non-hydrogen) atoms. The lowest BCUT2D eigenvalue weighted by molar-refractivity contribution is -0.145. The van der Waals surface area contributed by atoms with E-state index in [0.717, 1.165) is 16.9 Å². The van der Waals surface area contributed by atoms with E-state index in [9.17, 15) is 29.2 Å². The molecule has 12 heteroatoms. The minimum absolute atomic E-state index is 0.146. The topological polar surface area (TPSA) is 166 Å². The number of Topliss-reactive ketones (excluding diaryl/α,β-unsaturated/α-hetero) is 1. The summed E-state index contributed by atoms with van der Waals surface area (Å²) in [6.07, 6.45) is 1.45. The second-order valence-electron chi connectivity index (χ2n) is 14.9. The molecule has 262 valence electrons. The predicted octanol–water partition coefficient (Wildman–Crippen LogP) is 3.66. The van der Waals surface area contributed by atoms with E-state index < -0.39 is 47.0 Å². The number of benzene rings is 1. The molecule has 1 saturated heterocycles. The van der Waals surface area contributed by atoms with Crippen LogP contribution in [-0.2, 0) is 24.0 Å². The number of amides is 4. The smallest absolute Gasteiger partial charge is 0.289 e. The van der Waals surface area contributed by atoms with E-state index in [2.05, 4.69) is 21.1 Å². The van der Waals surface area contributed by atoms with Crippen LogP contribution in [0.5, 0.6) is 5.75 Å². The quantitative estimate of drug-likeness (QED) is 0.109. The third-order valence-corrected chi connectivity index (χ3v) is 8.34. The SMILES string of the molecule is CCC[C@H](NC(=O)[C@@H]1C[C@H](C/C(=N\O)c2cc(C)c(OC)c(C)c2)CN1C(=O)[C@@H](NC(=O)CC(C)(C)C)C(C)(C)C)C(=O)C(=O)NC. The molecule has 1 aromatic rings. The molecule has 0 spiro atoms. The van der Waals surface area contributed by atoms with Crippen molar-refractivity contribution in [3.8, 4) is 5.75 Å². The molecule has 0 bridgehead atoms. The van der Waals surface area contributed by atoms with Crippen molar-refractivity contribution in [3.63, 3.8) is 0 Å². The molecule has 4 amide bonds. The summed E-state index contributed by atoms with van der Waals surface area (Å²) in [5, 5.41) is 21.6. The van der Waals surface area contributed by atoms with Crippen LogP contribution < -0.4 is 20.7 Å². The summed E-state index contributed by atoms with van der Waals surface area (Å²) in [5.74, 6) is -2.42. The maximum absolute atomic E-state index is 14.3. The van der Waals surface area contributed by atoms with E-state index in [-0.39, 0.29) is 49.5 Å². The summed E-state index contributed by atoms with van der Waals surface area (Å²) >= 11 is 0. The third-order valence-electron chi connectivity index (χ3n) is 8.34. The first-order valence-electron chi connectivity index (χ1n) is 16.3. The zero-order valence-electron chi connectivity index (χ0n) is 30.0. The van der Waals surface area contributed by atoms with Gasteiger partial charge in [0, 0.05) is 25.6 Å². The molecule has 1 fully saturated rings. The Balaban J connectivity index is 2.50. The van der Waals surface area contributed by atoms with Gasteiger partial charge in [0.1, 0.15) is 17.8 Å². The van der Waals surface area contributed by atoms with Crippen molar-refractivity contribution in [2.24, 2.45) is 21.9 Å². The second kappa shape index (κ2) is 16.2. The lowest BCUT2D eigenvalue weighted by Crippen LogP contribution is -2.59. The monoisotopic (exact) mass is 657 g/mol. The van der Waals surface area contributed by atoms with Gasteiger partial charge in [0.2, 0.25) is 23.5 Å². The number of carbonyl (C=O) groups is 5. The number of oxime groups is 1. The highest BCUT2D eigenvalue weighted by molar-refractivity contribution is 6.38. The number of ketones is 1. The molecule has 0 saturated carbocycles. The highest BCUT2D eigenvalue weighted by Crippen LogP contribution is 2.33. The molecule has 0 aromatic heterocycles. The summed E-state index contributed by atoms with van der Waals surface area (Å²) in [7, 11) is 2.94. The van der Waals surface area contributed by atoms with Gasteiger partial charge in [0.15, 0.2) is 0 Å². The van der Waals surface area contributed by atoms with Crippen molar-refractivity contribution in [3.05, 3.63) is 28.8 Å². The first kappa shape index (κ1) is 39.2. The number of methoxy groups -OCH3 is 1. The fourth-order valence-corrected chi connectivity index (χ4v) is 6.11. The molecule has 2 rings (SSSR count). The molecule has 0 aliphatic carbocycles. The van der Waals surface area contributed by atoms with Crippen LogP contribution in [0.25, 0.3) is 0 Å². The van der Waals surface area contributed by atoms with Crippen LogP contribution in [-0.4, -0.2) is 84.1 Å². The Bertz CT molecular complexity index is 1340. The first-order chi connectivity index (χ1) is 21.8. The van der Waals surface area contributed by atoms with Crippen LogP contribution in [0.2, 0.25) is 0 Å². The van der Waals surface area contributed by atoms with Crippen molar-refractivity contribution >= 4 is 35.1 Å². The largest absolute Gasteiger partial charge is 0.496 e. The Morgan fingerprint density at radius 1 is 1.04 bits per heavy atom. The van der Waals surface area contributed by atoms with E-state index in [1.165, 1.54) is 11.9 Å². The number of likely N-dealkylation sites (tertiary alicyclic amines) is 1. The second-order valence-corrected chi connectivity index (χ2v) is 14.9. The van der Waals surface area contributed by atoms with Gasteiger partial charge in [-0.15, -0.1) is 0 Å². The zero-order chi connectivity index (χ0) is 35.9. The Labute approximate surface area is 279 Å². The molecule has 0 unspecified atom stereocenters. The number of hydrogen-bond donors (Lipinski definition) is 4. The average Bonchev–Trinajstić information content (AvgIpc) is 3.39. The van der Waals surface area contributed by atoms with Crippen LogP contribution >= 0.6 is 0 Å². The van der Waals surface area contributed by atoms with Crippen LogP contribution in [0.3, 0.4) is 0 Å². The molecular formula is C35H55N5O7. The Morgan fingerprint density at radius 2 is 1.64 bits per heavy atom. The van der Waals surface area contributed by atoms with Crippen LogP contribution in [0.15, 0.2) is 17.3 Å². The molecule has 1 aliphatic rings. The Hall–Kier alpha value is -3.96. The number of nitrogens with zero attached hydrogens (tertiary/aromatic N) is 2. The lowest BCUT2D eigenvalue weighted by atomic mass is 9.84. The van der Waals surface area contributed by atoms with E-state index >= 15 is 0 Å². The zero-order valence-corrected chi connectivity index (χ0v) is 30.0. The van der Waals surface area contributed by atoms with Crippen molar-refractivity contribution < 1.29 is 33.9 Å². The minimum atomic E-state index is -1.06. The van der Waals surface area contributed by atoms with Gasteiger partial charge < -0.3 is 30.8 Å². The fraction of sp³-hybridized carbons (Fsp3) is 0.657. The fourth-order valence-electron chi connectivity index (χ4n) is 6.11. The number of likely N-dealkylation sites (N-methyl/N-ethyl adjacent to an activating group) is 1. The normalized spacial score (nSPS) is 18.3. The number of carbonyl (C=O) groups excluding carboxylic acids is 5.